The van der Waals surface area contributed by atoms with Crippen LogP contribution in [0.1, 0.15) is 64.2 Å². The molecule has 0 radical (unpaired) electrons. The van der Waals surface area contributed by atoms with Gasteiger partial charge in [-0.3, -0.25) is 4.79 Å². The van der Waals surface area contributed by atoms with E-state index < -0.39 is 82.8 Å². The summed E-state index contributed by atoms with van der Waals surface area (Å²) in [5, 5.41) is 47.5. The Bertz CT molecular complexity index is 1260. The lowest BCUT2D eigenvalue weighted by molar-refractivity contribution is -0.340. The molecule has 39 heavy (non-hydrogen) atoms. The number of aliphatic hydroxyl groups is 4. The van der Waals surface area contributed by atoms with Gasteiger partial charge in [-0.05, 0) is 51.3 Å². The Morgan fingerprint density at radius 2 is 1.72 bits per heavy atom. The standard InChI is InChI=1S/C29H36O10/c1-15-11-12-27-20(15)29(36,24(34)39-25(27,3)4)26(5)18(31)13-19(32)28(35,14-37-16(2)30)21(26)22(27)38-23(33)17-9-7-6-8-10-17/h6-10,18-19,21-22,31-32,35-36H,11-14H2,1-5H3/t18-,19-,21-,22-,26+,27+,28-,29+/m0/s1. The molecule has 4 aliphatic rings. The summed E-state index contributed by atoms with van der Waals surface area (Å²) in [5.74, 6) is -3.91. The molecule has 1 heterocycles. The van der Waals surface area contributed by atoms with E-state index in [0.717, 1.165) is 6.92 Å². The van der Waals surface area contributed by atoms with Crippen molar-refractivity contribution in [2.75, 3.05) is 6.61 Å². The predicted octanol–water partition coefficient (Wildman–Crippen LogP) is 1.43. The second kappa shape index (κ2) is 8.60. The van der Waals surface area contributed by atoms with Crippen LogP contribution in [-0.4, -0.2) is 80.1 Å². The molecule has 1 aromatic rings. The number of rotatable bonds is 4. The fourth-order valence-corrected chi connectivity index (χ4v) is 8.12. The van der Waals surface area contributed by atoms with Crippen molar-refractivity contribution in [1.82, 2.24) is 0 Å². The maximum Gasteiger partial charge on any atom is 0.343 e. The molecular formula is C29H36O10. The van der Waals surface area contributed by atoms with Gasteiger partial charge in [-0.2, -0.15) is 0 Å². The zero-order chi connectivity index (χ0) is 28.8. The van der Waals surface area contributed by atoms with E-state index in [1.54, 1.807) is 51.1 Å². The molecule has 3 aliphatic carbocycles. The molecule has 2 saturated carbocycles. The van der Waals surface area contributed by atoms with Crippen LogP contribution in [0.5, 0.6) is 0 Å². The van der Waals surface area contributed by atoms with Gasteiger partial charge in [0, 0.05) is 24.7 Å². The second-order valence-electron chi connectivity index (χ2n) is 12.2. The van der Waals surface area contributed by atoms with Crippen molar-refractivity contribution >= 4 is 17.9 Å². The monoisotopic (exact) mass is 544 g/mol. The first kappa shape index (κ1) is 27.8. The largest absolute Gasteiger partial charge is 0.463 e. The number of cyclic esters (lactones) is 1. The number of carbonyl (C=O) groups excluding carboxylic acids is 3. The van der Waals surface area contributed by atoms with Crippen LogP contribution < -0.4 is 0 Å². The predicted molar refractivity (Wildman–Crippen MR) is 135 cm³/mol. The van der Waals surface area contributed by atoms with Crippen LogP contribution >= 0.6 is 0 Å². The quantitative estimate of drug-likeness (QED) is 0.248. The Kier molecular flexibility index (Phi) is 6.12. The molecule has 212 valence electrons. The first-order valence-corrected chi connectivity index (χ1v) is 13.2. The van der Waals surface area contributed by atoms with E-state index in [1.165, 1.54) is 6.92 Å². The van der Waals surface area contributed by atoms with Gasteiger partial charge < -0.3 is 34.6 Å². The van der Waals surface area contributed by atoms with Crippen molar-refractivity contribution in [2.45, 2.75) is 89.0 Å². The van der Waals surface area contributed by atoms with Gasteiger partial charge >= 0.3 is 17.9 Å². The Balaban J connectivity index is 1.82. The Hall–Kier alpha value is -2.79. The van der Waals surface area contributed by atoms with Gasteiger partial charge in [-0.1, -0.05) is 30.7 Å². The summed E-state index contributed by atoms with van der Waals surface area (Å²) in [7, 11) is 0. The molecule has 1 aromatic carbocycles. The molecule has 5 rings (SSSR count). The van der Waals surface area contributed by atoms with E-state index in [0.29, 0.717) is 24.0 Å². The first-order valence-electron chi connectivity index (χ1n) is 13.2. The van der Waals surface area contributed by atoms with Crippen LogP contribution in [-0.2, 0) is 23.8 Å². The highest BCUT2D eigenvalue weighted by Crippen LogP contribution is 2.74. The summed E-state index contributed by atoms with van der Waals surface area (Å²) in [6.07, 6.45) is -4.20. The number of carbonyl (C=O) groups is 3. The summed E-state index contributed by atoms with van der Waals surface area (Å²) in [4.78, 5) is 39.2. The third-order valence-electron chi connectivity index (χ3n) is 10.1. The van der Waals surface area contributed by atoms with E-state index in [4.69, 9.17) is 14.2 Å². The van der Waals surface area contributed by atoms with Crippen LogP contribution in [0.15, 0.2) is 41.5 Å². The molecule has 2 bridgehead atoms. The van der Waals surface area contributed by atoms with E-state index in [1.807, 2.05) is 0 Å². The van der Waals surface area contributed by atoms with Gasteiger partial charge in [-0.15, -0.1) is 0 Å². The molecule has 0 aromatic heterocycles. The van der Waals surface area contributed by atoms with Gasteiger partial charge in [0.2, 0.25) is 0 Å². The smallest absolute Gasteiger partial charge is 0.343 e. The van der Waals surface area contributed by atoms with Gasteiger partial charge in [-0.25, -0.2) is 9.59 Å². The SMILES string of the molecule is CC(=O)OC[C@@]1(O)[C@H]2[C@H](OC(=O)c3ccccc3)[C@@]34CCC(C)=C3[C@@](O)(C(=O)OC4(C)C)[C@]2(C)[C@@H](O)C[C@@H]1O. The maximum absolute atomic E-state index is 13.8. The molecule has 8 atom stereocenters. The average molecular weight is 545 g/mol. The first-order chi connectivity index (χ1) is 18.1. The number of hydrogen-bond donors (Lipinski definition) is 4. The minimum Gasteiger partial charge on any atom is -0.463 e. The zero-order valence-corrected chi connectivity index (χ0v) is 22.8. The highest BCUT2D eigenvalue weighted by atomic mass is 16.6. The molecule has 0 unspecified atom stereocenters. The zero-order valence-electron chi connectivity index (χ0n) is 22.8. The highest BCUT2D eigenvalue weighted by molar-refractivity contribution is 5.91. The third-order valence-corrected chi connectivity index (χ3v) is 10.1. The fraction of sp³-hybridized carbons (Fsp3) is 0.621. The number of ether oxygens (including phenoxy) is 3. The molecule has 0 amide bonds. The number of allylic oxidation sites excluding steroid dienone is 1. The maximum atomic E-state index is 13.8. The van der Waals surface area contributed by atoms with Crippen LogP contribution in [0.25, 0.3) is 0 Å². The van der Waals surface area contributed by atoms with Crippen LogP contribution in [0, 0.1) is 16.7 Å². The van der Waals surface area contributed by atoms with Crippen molar-refractivity contribution < 1.29 is 49.0 Å². The van der Waals surface area contributed by atoms with E-state index in [9.17, 15) is 34.8 Å². The minimum absolute atomic E-state index is 0.225. The molecule has 4 N–H and O–H groups in total. The molecule has 1 aliphatic heterocycles. The van der Waals surface area contributed by atoms with E-state index in [-0.39, 0.29) is 5.56 Å². The highest BCUT2D eigenvalue weighted by Gasteiger charge is 2.85. The Morgan fingerprint density at radius 1 is 1.08 bits per heavy atom. The summed E-state index contributed by atoms with van der Waals surface area (Å²) < 4.78 is 17.4. The van der Waals surface area contributed by atoms with Crippen LogP contribution in [0.2, 0.25) is 0 Å². The van der Waals surface area contributed by atoms with E-state index >= 15 is 0 Å². The Morgan fingerprint density at radius 3 is 2.33 bits per heavy atom. The molecule has 10 nitrogen and oxygen atoms in total. The number of benzene rings is 1. The number of esters is 3. The number of fused-ring (bicyclic) bond motifs is 2. The Labute approximate surface area is 226 Å². The minimum atomic E-state index is -2.42. The van der Waals surface area contributed by atoms with Crippen molar-refractivity contribution in [1.29, 1.82) is 0 Å². The van der Waals surface area contributed by atoms with Gasteiger partial charge in [0.1, 0.15) is 23.9 Å². The van der Waals surface area contributed by atoms with E-state index in [2.05, 4.69) is 0 Å². The van der Waals surface area contributed by atoms with Gasteiger partial charge in [0.05, 0.1) is 23.2 Å². The molecular weight excluding hydrogens is 508 g/mol. The molecule has 10 heteroatoms. The molecule has 1 saturated heterocycles. The number of aliphatic hydroxyl groups excluding tert-OH is 2. The topological polar surface area (TPSA) is 160 Å². The lowest BCUT2D eigenvalue weighted by atomic mass is 9.38. The summed E-state index contributed by atoms with van der Waals surface area (Å²) in [6.45, 7) is 6.97. The normalized spacial score (nSPS) is 42.2. The molecule has 0 spiro atoms. The molecule has 3 fully saturated rings. The lowest BCUT2D eigenvalue weighted by Crippen LogP contribution is -2.85. The second-order valence-corrected chi connectivity index (χ2v) is 12.2. The van der Waals surface area contributed by atoms with Crippen LogP contribution in [0.3, 0.4) is 0 Å². The van der Waals surface area contributed by atoms with Gasteiger partial charge in [0.15, 0.2) is 5.60 Å². The summed E-state index contributed by atoms with van der Waals surface area (Å²) in [6, 6.07) is 8.21. The van der Waals surface area contributed by atoms with Crippen molar-refractivity contribution in [3.05, 3.63) is 47.0 Å². The van der Waals surface area contributed by atoms with Crippen molar-refractivity contribution in [2.24, 2.45) is 16.7 Å². The third kappa shape index (κ3) is 3.32. The average Bonchev–Trinajstić information content (AvgIpc) is 3.24. The number of hydrogen-bond acceptors (Lipinski definition) is 10. The summed E-state index contributed by atoms with van der Waals surface area (Å²) >= 11 is 0. The lowest BCUT2D eigenvalue weighted by Gasteiger charge is -2.71. The van der Waals surface area contributed by atoms with Crippen molar-refractivity contribution in [3.63, 3.8) is 0 Å². The van der Waals surface area contributed by atoms with Crippen LogP contribution in [0.4, 0.5) is 0 Å². The summed E-state index contributed by atoms with van der Waals surface area (Å²) in [5.41, 5.74) is -8.07. The fourth-order valence-electron chi connectivity index (χ4n) is 8.12. The van der Waals surface area contributed by atoms with Crippen molar-refractivity contribution in [3.8, 4) is 0 Å². The van der Waals surface area contributed by atoms with Gasteiger partial charge in [0.25, 0.3) is 0 Å².